The van der Waals surface area contributed by atoms with Gasteiger partial charge >= 0.3 is 5.63 Å². The van der Waals surface area contributed by atoms with Gasteiger partial charge in [-0.2, -0.15) is 0 Å². The van der Waals surface area contributed by atoms with Crippen LogP contribution in [-0.4, -0.2) is 70.0 Å². The summed E-state index contributed by atoms with van der Waals surface area (Å²) >= 11 is 0. The first-order chi connectivity index (χ1) is 12.4. The Hall–Kier alpha value is -2.37. The molecule has 0 saturated carbocycles. The van der Waals surface area contributed by atoms with Crippen molar-refractivity contribution in [1.82, 2.24) is 0 Å². The third kappa shape index (κ3) is 3.08. The van der Waals surface area contributed by atoms with Crippen LogP contribution in [0.4, 0.5) is 0 Å². The molecule has 1 aromatic carbocycles. The maximum atomic E-state index is 11.5. The van der Waals surface area contributed by atoms with E-state index in [-0.39, 0.29) is 17.1 Å². The Labute approximate surface area is 146 Å². The molecule has 0 radical (unpaired) electrons. The van der Waals surface area contributed by atoms with Gasteiger partial charge in [-0.05, 0) is 12.1 Å². The lowest BCUT2D eigenvalue weighted by atomic mass is 9.99. The van der Waals surface area contributed by atoms with Crippen LogP contribution in [0.3, 0.4) is 0 Å². The van der Waals surface area contributed by atoms with Gasteiger partial charge in [0.05, 0.1) is 13.7 Å². The van der Waals surface area contributed by atoms with Gasteiger partial charge in [0.2, 0.25) is 17.8 Å². The molecule has 10 nitrogen and oxygen atoms in total. The third-order valence-corrected chi connectivity index (χ3v) is 4.11. The Balaban J connectivity index is 2.06. The van der Waals surface area contributed by atoms with Crippen LogP contribution >= 0.6 is 0 Å². The number of fused-ring (bicyclic) bond motifs is 1. The molecular weight excluding hydrogens is 352 g/mol. The molecule has 0 amide bonds. The summed E-state index contributed by atoms with van der Waals surface area (Å²) in [6.07, 6.45) is -7.72. The van der Waals surface area contributed by atoms with Crippen molar-refractivity contribution in [2.45, 2.75) is 30.7 Å². The molecule has 1 aromatic heterocycles. The molecule has 5 atom stereocenters. The van der Waals surface area contributed by atoms with Crippen molar-refractivity contribution in [3.63, 3.8) is 0 Å². The maximum absolute atomic E-state index is 11.5. The molecule has 142 valence electrons. The van der Waals surface area contributed by atoms with Gasteiger partial charge < -0.3 is 44.2 Å². The summed E-state index contributed by atoms with van der Waals surface area (Å²) in [5.74, 6) is -0.876. The summed E-state index contributed by atoms with van der Waals surface area (Å²) in [6, 6.07) is 3.99. The maximum Gasteiger partial charge on any atom is 0.336 e. The molecule has 26 heavy (non-hydrogen) atoms. The van der Waals surface area contributed by atoms with E-state index >= 15 is 0 Å². The van der Waals surface area contributed by atoms with Crippen molar-refractivity contribution in [3.05, 3.63) is 28.6 Å². The number of aliphatic hydroxyl groups excluding tert-OH is 4. The van der Waals surface area contributed by atoms with Crippen molar-refractivity contribution in [1.29, 1.82) is 0 Å². The van der Waals surface area contributed by atoms with Crippen LogP contribution in [0.15, 0.2) is 27.4 Å². The highest BCUT2D eigenvalue weighted by Gasteiger charge is 2.45. The van der Waals surface area contributed by atoms with Gasteiger partial charge in [0.25, 0.3) is 0 Å². The fourth-order valence-corrected chi connectivity index (χ4v) is 2.69. The molecular formula is C16H18O10. The van der Waals surface area contributed by atoms with E-state index in [1.54, 1.807) is 0 Å². The van der Waals surface area contributed by atoms with Crippen LogP contribution in [0.25, 0.3) is 11.0 Å². The molecule has 0 aliphatic carbocycles. The smallest absolute Gasteiger partial charge is 0.336 e. The minimum atomic E-state index is -1.70. The van der Waals surface area contributed by atoms with Crippen LogP contribution in [0.5, 0.6) is 17.2 Å². The summed E-state index contributed by atoms with van der Waals surface area (Å²) in [4.78, 5) is 11.5. The second kappa shape index (κ2) is 7.09. The Morgan fingerprint density at radius 3 is 2.54 bits per heavy atom. The van der Waals surface area contributed by atoms with E-state index in [0.29, 0.717) is 5.39 Å². The molecule has 0 unspecified atom stereocenters. The molecule has 1 aliphatic rings. The molecule has 2 heterocycles. The monoisotopic (exact) mass is 370 g/mol. The lowest BCUT2D eigenvalue weighted by molar-refractivity contribution is -0.277. The zero-order valence-corrected chi connectivity index (χ0v) is 13.6. The van der Waals surface area contributed by atoms with Crippen LogP contribution in [-0.2, 0) is 4.74 Å². The third-order valence-electron chi connectivity index (χ3n) is 4.11. The van der Waals surface area contributed by atoms with E-state index < -0.39 is 48.7 Å². The highest BCUT2D eigenvalue weighted by molar-refractivity contribution is 5.87. The standard InChI is InChI=1S/C16H18O10/c1-23-7-4-6-2-3-9(18)25-14(6)15(11(7)20)26-16-13(22)12(21)10(19)8(5-17)24-16/h2-4,8,10,12-13,16-17,19-22H,5H2,1H3/t8-,10-,12+,13-,16+/m0/s1. The van der Waals surface area contributed by atoms with Gasteiger partial charge in [-0.25, -0.2) is 4.79 Å². The highest BCUT2D eigenvalue weighted by Crippen LogP contribution is 2.43. The van der Waals surface area contributed by atoms with E-state index in [1.165, 1.54) is 19.2 Å². The predicted octanol–water partition coefficient (Wildman–Crippen LogP) is -1.31. The highest BCUT2D eigenvalue weighted by atomic mass is 16.7. The molecule has 1 saturated heterocycles. The Morgan fingerprint density at radius 1 is 1.15 bits per heavy atom. The summed E-state index contributed by atoms with van der Waals surface area (Å²) in [5, 5.41) is 49.6. The first-order valence-electron chi connectivity index (χ1n) is 7.68. The van der Waals surface area contributed by atoms with Gasteiger partial charge in [-0.15, -0.1) is 0 Å². The summed E-state index contributed by atoms with van der Waals surface area (Å²) < 4.78 is 20.8. The zero-order chi connectivity index (χ0) is 19.0. The Bertz CT molecular complexity index is 845. The van der Waals surface area contributed by atoms with E-state index in [0.717, 1.165) is 6.07 Å². The fourth-order valence-electron chi connectivity index (χ4n) is 2.69. The number of rotatable bonds is 4. The van der Waals surface area contributed by atoms with E-state index in [4.69, 9.17) is 18.6 Å². The van der Waals surface area contributed by atoms with Crippen molar-refractivity contribution in [2.75, 3.05) is 13.7 Å². The molecule has 0 spiro atoms. The number of aromatic hydroxyl groups is 1. The number of phenols is 1. The van der Waals surface area contributed by atoms with Crippen molar-refractivity contribution in [2.24, 2.45) is 0 Å². The fraction of sp³-hybridized carbons (Fsp3) is 0.438. The summed E-state index contributed by atoms with van der Waals surface area (Å²) in [6.45, 7) is -0.648. The number of benzene rings is 1. The molecule has 5 N–H and O–H groups in total. The van der Waals surface area contributed by atoms with Crippen molar-refractivity contribution in [3.8, 4) is 17.2 Å². The minimum absolute atomic E-state index is 0.00550. The average Bonchev–Trinajstić information content (AvgIpc) is 2.64. The number of aliphatic hydroxyl groups is 4. The minimum Gasteiger partial charge on any atom is -0.502 e. The quantitative estimate of drug-likeness (QED) is 0.409. The second-order valence-electron chi connectivity index (χ2n) is 5.74. The number of hydrogen-bond donors (Lipinski definition) is 5. The zero-order valence-electron chi connectivity index (χ0n) is 13.6. The van der Waals surface area contributed by atoms with Gasteiger partial charge in [0, 0.05) is 11.5 Å². The topological polar surface area (TPSA) is 159 Å². The first kappa shape index (κ1) is 18.4. The van der Waals surface area contributed by atoms with Crippen molar-refractivity contribution >= 4 is 11.0 Å². The SMILES string of the molecule is COc1cc2ccc(=O)oc2c(O[C@H]2O[C@@H](CO)[C@H](O)[C@@H](O)[C@@H]2O)c1O. The van der Waals surface area contributed by atoms with Gasteiger partial charge in [0.1, 0.15) is 24.4 Å². The molecule has 0 bridgehead atoms. The number of hydrogen-bond acceptors (Lipinski definition) is 10. The van der Waals surface area contributed by atoms with Crippen molar-refractivity contribution < 1.29 is 44.2 Å². The molecule has 10 heteroatoms. The summed E-state index contributed by atoms with van der Waals surface area (Å²) in [5.41, 5.74) is -0.839. The molecule has 2 aromatic rings. The van der Waals surface area contributed by atoms with Crippen LogP contribution < -0.4 is 15.1 Å². The lowest BCUT2D eigenvalue weighted by Gasteiger charge is -2.39. The van der Waals surface area contributed by atoms with Crippen LogP contribution in [0.1, 0.15) is 0 Å². The number of ether oxygens (including phenoxy) is 3. The molecule has 3 rings (SSSR count). The average molecular weight is 370 g/mol. The second-order valence-corrected chi connectivity index (χ2v) is 5.74. The van der Waals surface area contributed by atoms with Gasteiger partial charge in [0.15, 0.2) is 11.3 Å². The molecule has 1 fully saturated rings. The summed E-state index contributed by atoms with van der Waals surface area (Å²) in [7, 11) is 1.30. The Morgan fingerprint density at radius 2 is 1.88 bits per heavy atom. The van der Waals surface area contributed by atoms with E-state index in [2.05, 4.69) is 0 Å². The van der Waals surface area contributed by atoms with Gasteiger partial charge in [-0.3, -0.25) is 0 Å². The molecule has 1 aliphatic heterocycles. The van der Waals surface area contributed by atoms with Crippen LogP contribution in [0.2, 0.25) is 0 Å². The largest absolute Gasteiger partial charge is 0.502 e. The Kier molecular flexibility index (Phi) is 5.03. The predicted molar refractivity (Wildman–Crippen MR) is 85.1 cm³/mol. The van der Waals surface area contributed by atoms with E-state index in [1.807, 2.05) is 0 Å². The van der Waals surface area contributed by atoms with Gasteiger partial charge in [-0.1, -0.05) is 0 Å². The van der Waals surface area contributed by atoms with Crippen LogP contribution in [0, 0.1) is 0 Å². The number of phenolic OH excluding ortho intramolecular Hbond substituents is 1. The normalized spacial score (nSPS) is 28.9. The lowest BCUT2D eigenvalue weighted by Crippen LogP contribution is -2.60. The number of methoxy groups -OCH3 is 1. The first-order valence-corrected chi connectivity index (χ1v) is 7.68. The van der Waals surface area contributed by atoms with E-state index in [9.17, 15) is 30.3 Å².